The fraction of sp³-hybridized carbons (Fsp3) is 0.286. The molecule has 2 aromatic carbocycles. The third-order valence-corrected chi connectivity index (χ3v) is 4.38. The van der Waals surface area contributed by atoms with Crippen molar-refractivity contribution in [3.05, 3.63) is 65.0 Å². The fourth-order valence-electron chi connectivity index (χ4n) is 3.02. The number of ether oxygens (including phenoxy) is 1. The first-order chi connectivity index (χ1) is 13.4. The summed E-state index contributed by atoms with van der Waals surface area (Å²) in [5.41, 5.74) is 10.3. The van der Waals surface area contributed by atoms with E-state index in [-0.39, 0.29) is 5.95 Å². The van der Waals surface area contributed by atoms with Gasteiger partial charge in [-0.15, -0.1) is 0 Å². The molecule has 0 aliphatic carbocycles. The molecule has 0 unspecified atom stereocenters. The molecule has 146 valence electrons. The van der Waals surface area contributed by atoms with Gasteiger partial charge in [-0.05, 0) is 38.6 Å². The minimum Gasteiger partial charge on any atom is -0.496 e. The summed E-state index contributed by atoms with van der Waals surface area (Å²) in [5, 5.41) is 3.22. The van der Waals surface area contributed by atoms with E-state index in [0.717, 1.165) is 22.6 Å². The predicted octanol–water partition coefficient (Wildman–Crippen LogP) is 3.45. The number of rotatable bonds is 7. The lowest BCUT2D eigenvalue weighted by Crippen LogP contribution is -2.20. The highest BCUT2D eigenvalue weighted by molar-refractivity contribution is 5.58. The van der Waals surface area contributed by atoms with E-state index in [9.17, 15) is 0 Å². The molecule has 0 amide bonds. The van der Waals surface area contributed by atoms with Crippen LogP contribution in [0.2, 0.25) is 0 Å². The molecule has 0 bridgehead atoms. The van der Waals surface area contributed by atoms with Crippen molar-refractivity contribution in [2.24, 2.45) is 0 Å². The van der Waals surface area contributed by atoms with Gasteiger partial charge in [-0.25, -0.2) is 0 Å². The van der Waals surface area contributed by atoms with E-state index in [4.69, 9.17) is 10.5 Å². The molecule has 0 aliphatic rings. The highest BCUT2D eigenvalue weighted by Gasteiger charge is 2.11. The number of aromatic nitrogens is 3. The average molecular weight is 378 g/mol. The van der Waals surface area contributed by atoms with Crippen LogP contribution in [0.1, 0.15) is 22.5 Å². The van der Waals surface area contributed by atoms with Crippen LogP contribution in [-0.4, -0.2) is 34.0 Å². The summed E-state index contributed by atoms with van der Waals surface area (Å²) in [5.74, 6) is 2.12. The maximum Gasteiger partial charge on any atom is 0.232 e. The van der Waals surface area contributed by atoms with Crippen LogP contribution in [0.3, 0.4) is 0 Å². The number of para-hydroxylation sites is 1. The van der Waals surface area contributed by atoms with E-state index < -0.39 is 0 Å². The van der Waals surface area contributed by atoms with E-state index in [2.05, 4.69) is 38.2 Å². The molecule has 7 heteroatoms. The monoisotopic (exact) mass is 378 g/mol. The number of nitrogens with zero attached hydrogens (tertiary/aromatic N) is 4. The highest BCUT2D eigenvalue weighted by Crippen LogP contribution is 2.22. The zero-order valence-electron chi connectivity index (χ0n) is 16.7. The first-order valence-corrected chi connectivity index (χ1v) is 9.09. The zero-order chi connectivity index (χ0) is 20.1. The number of benzene rings is 2. The summed E-state index contributed by atoms with van der Waals surface area (Å²) >= 11 is 0. The molecule has 0 aliphatic heterocycles. The van der Waals surface area contributed by atoms with Crippen LogP contribution >= 0.6 is 0 Å². The maximum atomic E-state index is 5.90. The van der Waals surface area contributed by atoms with Crippen LogP contribution in [0.15, 0.2) is 42.5 Å². The Morgan fingerprint density at radius 1 is 1.04 bits per heavy atom. The Morgan fingerprint density at radius 3 is 2.57 bits per heavy atom. The highest BCUT2D eigenvalue weighted by atomic mass is 16.5. The predicted molar refractivity (Wildman–Crippen MR) is 112 cm³/mol. The van der Waals surface area contributed by atoms with Crippen LogP contribution < -0.4 is 15.8 Å². The third-order valence-electron chi connectivity index (χ3n) is 4.38. The Kier molecular flexibility index (Phi) is 6.06. The van der Waals surface area contributed by atoms with E-state index in [0.29, 0.717) is 24.9 Å². The number of hydrogen-bond donors (Lipinski definition) is 2. The molecule has 0 fully saturated rings. The second-order valence-electron chi connectivity index (χ2n) is 6.86. The average Bonchev–Trinajstić information content (AvgIpc) is 2.63. The van der Waals surface area contributed by atoms with Gasteiger partial charge >= 0.3 is 0 Å². The number of hydrogen-bond acceptors (Lipinski definition) is 7. The number of nitrogens with one attached hydrogen (secondary N) is 1. The molecule has 0 saturated heterocycles. The Hall–Kier alpha value is -3.19. The maximum absolute atomic E-state index is 5.90. The van der Waals surface area contributed by atoms with Gasteiger partial charge in [0.05, 0.1) is 13.7 Å². The van der Waals surface area contributed by atoms with Crippen molar-refractivity contribution in [3.8, 4) is 5.75 Å². The normalized spacial score (nSPS) is 10.9. The third kappa shape index (κ3) is 4.95. The summed E-state index contributed by atoms with van der Waals surface area (Å²) in [6.07, 6.45) is 0. The van der Waals surface area contributed by atoms with Gasteiger partial charge in [0.2, 0.25) is 11.9 Å². The zero-order valence-corrected chi connectivity index (χ0v) is 16.7. The van der Waals surface area contributed by atoms with Gasteiger partial charge in [0, 0.05) is 17.8 Å². The Labute approximate surface area is 165 Å². The van der Waals surface area contributed by atoms with Gasteiger partial charge in [0.15, 0.2) is 0 Å². The first-order valence-electron chi connectivity index (χ1n) is 9.09. The lowest BCUT2D eigenvalue weighted by Gasteiger charge is -2.18. The molecule has 3 rings (SSSR count). The number of methoxy groups -OCH3 is 1. The van der Waals surface area contributed by atoms with Crippen LogP contribution in [0.25, 0.3) is 0 Å². The molecule has 28 heavy (non-hydrogen) atoms. The Morgan fingerprint density at radius 2 is 1.82 bits per heavy atom. The fourth-order valence-corrected chi connectivity index (χ4v) is 3.02. The van der Waals surface area contributed by atoms with E-state index in [1.165, 1.54) is 5.56 Å². The van der Waals surface area contributed by atoms with Crippen LogP contribution in [-0.2, 0) is 13.1 Å². The molecule has 7 nitrogen and oxygen atoms in total. The summed E-state index contributed by atoms with van der Waals surface area (Å²) in [6.45, 7) is 5.33. The van der Waals surface area contributed by atoms with Gasteiger partial charge < -0.3 is 15.8 Å². The quantitative estimate of drug-likeness (QED) is 0.651. The molecular weight excluding hydrogens is 352 g/mol. The van der Waals surface area contributed by atoms with E-state index in [1.54, 1.807) is 7.11 Å². The number of aryl methyl sites for hydroxylation is 2. The van der Waals surface area contributed by atoms with Crippen molar-refractivity contribution in [3.63, 3.8) is 0 Å². The summed E-state index contributed by atoms with van der Waals surface area (Å²) in [7, 11) is 3.69. The molecular formula is C21H26N6O. The topological polar surface area (TPSA) is 89.2 Å². The van der Waals surface area contributed by atoms with Crippen LogP contribution in [0, 0.1) is 13.8 Å². The van der Waals surface area contributed by atoms with Crippen LogP contribution in [0.5, 0.6) is 5.75 Å². The van der Waals surface area contributed by atoms with E-state index in [1.807, 2.05) is 50.4 Å². The Balaban J connectivity index is 1.74. The SMILES string of the molecule is COc1ccc(C)cc1CN(C)Cc1nc(N)nc(Nc2ccccc2C)n1. The second kappa shape index (κ2) is 8.67. The molecule has 0 atom stereocenters. The minimum absolute atomic E-state index is 0.197. The summed E-state index contributed by atoms with van der Waals surface area (Å²) < 4.78 is 5.47. The Bertz CT molecular complexity index is 959. The lowest BCUT2D eigenvalue weighted by atomic mass is 10.1. The van der Waals surface area contributed by atoms with Gasteiger partial charge in [-0.3, -0.25) is 4.90 Å². The minimum atomic E-state index is 0.197. The van der Waals surface area contributed by atoms with Crippen molar-refractivity contribution in [1.82, 2.24) is 19.9 Å². The summed E-state index contributed by atoms with van der Waals surface area (Å²) in [4.78, 5) is 15.1. The molecule has 0 spiro atoms. The van der Waals surface area contributed by atoms with E-state index >= 15 is 0 Å². The van der Waals surface area contributed by atoms with Gasteiger partial charge in [0.25, 0.3) is 0 Å². The lowest BCUT2D eigenvalue weighted by molar-refractivity contribution is 0.302. The molecule has 0 saturated carbocycles. The molecule has 3 aromatic rings. The largest absolute Gasteiger partial charge is 0.496 e. The standard InChI is InChI=1S/C21H26N6O/c1-14-9-10-18(28-4)16(11-14)12-27(3)13-19-24-20(22)26-21(25-19)23-17-8-6-5-7-15(17)2/h5-11H,12-13H2,1-4H3,(H3,22,23,24,25,26). The number of nitrogen functional groups attached to an aromatic ring is 1. The van der Waals surface area contributed by atoms with Crippen molar-refractivity contribution in [2.45, 2.75) is 26.9 Å². The molecule has 1 heterocycles. The number of anilines is 3. The summed E-state index contributed by atoms with van der Waals surface area (Å²) in [6, 6.07) is 14.1. The van der Waals surface area contributed by atoms with Crippen molar-refractivity contribution >= 4 is 17.6 Å². The van der Waals surface area contributed by atoms with Gasteiger partial charge in [0.1, 0.15) is 11.6 Å². The second-order valence-corrected chi connectivity index (χ2v) is 6.86. The van der Waals surface area contributed by atoms with Crippen molar-refractivity contribution < 1.29 is 4.74 Å². The van der Waals surface area contributed by atoms with Crippen molar-refractivity contribution in [1.29, 1.82) is 0 Å². The van der Waals surface area contributed by atoms with Crippen LogP contribution in [0.4, 0.5) is 17.6 Å². The number of nitrogens with two attached hydrogens (primary N) is 1. The molecule has 3 N–H and O–H groups in total. The molecule has 1 aromatic heterocycles. The van der Waals surface area contributed by atoms with Gasteiger partial charge in [-0.1, -0.05) is 35.9 Å². The van der Waals surface area contributed by atoms with Crippen molar-refractivity contribution in [2.75, 3.05) is 25.2 Å². The molecule has 0 radical (unpaired) electrons. The van der Waals surface area contributed by atoms with Gasteiger partial charge in [-0.2, -0.15) is 15.0 Å². The first kappa shape index (κ1) is 19.6. The smallest absolute Gasteiger partial charge is 0.232 e.